The minimum Gasteiger partial charge on any atom is -0.488 e. The summed E-state index contributed by atoms with van der Waals surface area (Å²) in [6.07, 6.45) is 2.08. The van der Waals surface area contributed by atoms with Gasteiger partial charge in [-0.3, -0.25) is 0 Å². The van der Waals surface area contributed by atoms with Crippen molar-refractivity contribution in [1.29, 1.82) is 0 Å². The van der Waals surface area contributed by atoms with Crippen LogP contribution in [-0.4, -0.2) is 38.2 Å². The van der Waals surface area contributed by atoms with Crippen LogP contribution in [0, 0.1) is 5.82 Å². The van der Waals surface area contributed by atoms with E-state index in [0.29, 0.717) is 5.69 Å². The molecule has 0 amide bonds. The molecule has 0 spiro atoms. The summed E-state index contributed by atoms with van der Waals surface area (Å²) in [4.78, 5) is 2.15. The smallest absolute Gasteiger partial charge is 0.167 e. The van der Waals surface area contributed by atoms with E-state index in [9.17, 15) is 4.39 Å². The summed E-state index contributed by atoms with van der Waals surface area (Å²) in [5.41, 5.74) is 6.95. The lowest BCUT2D eigenvalue weighted by molar-refractivity contribution is 0.231. The summed E-state index contributed by atoms with van der Waals surface area (Å²) in [7, 11) is 4.11. The zero-order chi connectivity index (χ0) is 15.1. The van der Waals surface area contributed by atoms with Gasteiger partial charge in [0, 0.05) is 18.7 Å². The minimum atomic E-state index is -0.422. The number of rotatable bonds is 8. The number of nitrogens with zero attached hydrogens (tertiary/aromatic N) is 1. The Morgan fingerprint density at radius 3 is 2.60 bits per heavy atom. The number of nitrogen functional groups attached to an aromatic ring is 1. The molecule has 3 N–H and O–H groups in total. The Hall–Kier alpha value is -1.49. The van der Waals surface area contributed by atoms with E-state index >= 15 is 0 Å². The number of nitrogens with two attached hydrogens (primary N) is 1. The van der Waals surface area contributed by atoms with Crippen molar-refractivity contribution in [3.05, 3.63) is 17.9 Å². The van der Waals surface area contributed by atoms with Crippen molar-refractivity contribution in [3.63, 3.8) is 0 Å². The van der Waals surface area contributed by atoms with Gasteiger partial charge in [0.1, 0.15) is 0 Å². The van der Waals surface area contributed by atoms with Crippen molar-refractivity contribution >= 4 is 11.4 Å². The van der Waals surface area contributed by atoms with Crippen molar-refractivity contribution < 1.29 is 9.13 Å². The highest BCUT2D eigenvalue weighted by Crippen LogP contribution is 2.28. The Morgan fingerprint density at radius 2 is 2.00 bits per heavy atom. The Bertz CT molecular complexity index is 422. The van der Waals surface area contributed by atoms with Gasteiger partial charge in [-0.25, -0.2) is 4.39 Å². The van der Waals surface area contributed by atoms with Crippen LogP contribution in [0.4, 0.5) is 15.8 Å². The van der Waals surface area contributed by atoms with Gasteiger partial charge < -0.3 is 20.7 Å². The molecule has 0 aliphatic rings. The number of nitrogens with one attached hydrogen (secondary N) is 1. The molecule has 0 bridgehead atoms. The molecule has 5 heteroatoms. The fourth-order valence-corrected chi connectivity index (χ4v) is 1.84. The number of hydrogen-bond donors (Lipinski definition) is 2. The summed E-state index contributed by atoms with van der Waals surface area (Å²) in [6, 6.07) is 2.94. The largest absolute Gasteiger partial charge is 0.488 e. The van der Waals surface area contributed by atoms with Gasteiger partial charge in [-0.05, 0) is 47.3 Å². The van der Waals surface area contributed by atoms with Gasteiger partial charge in [-0.15, -0.1) is 0 Å². The topological polar surface area (TPSA) is 50.5 Å². The van der Waals surface area contributed by atoms with Gasteiger partial charge in [0.25, 0.3) is 0 Å². The molecule has 4 nitrogen and oxygen atoms in total. The third-order valence-corrected chi connectivity index (χ3v) is 2.81. The highest BCUT2D eigenvalue weighted by Gasteiger charge is 2.10. The summed E-state index contributed by atoms with van der Waals surface area (Å²) in [5.74, 6) is -0.181. The maximum Gasteiger partial charge on any atom is 0.167 e. The quantitative estimate of drug-likeness (QED) is 0.569. The van der Waals surface area contributed by atoms with Crippen LogP contribution in [-0.2, 0) is 0 Å². The lowest BCUT2D eigenvalue weighted by atomic mass is 10.2. The molecule has 0 saturated carbocycles. The lowest BCUT2D eigenvalue weighted by Crippen LogP contribution is -2.14. The normalized spacial score (nSPS) is 11.2. The first-order chi connectivity index (χ1) is 9.40. The van der Waals surface area contributed by atoms with Gasteiger partial charge >= 0.3 is 0 Å². The molecule has 0 saturated heterocycles. The van der Waals surface area contributed by atoms with Gasteiger partial charge in [0.15, 0.2) is 11.6 Å². The molecule has 0 unspecified atom stereocenters. The molecule has 0 fully saturated rings. The number of hydrogen-bond acceptors (Lipinski definition) is 4. The van der Waals surface area contributed by atoms with Crippen molar-refractivity contribution in [1.82, 2.24) is 4.90 Å². The minimum absolute atomic E-state index is 0.0685. The third-order valence-electron chi connectivity index (χ3n) is 2.81. The molecule has 0 aromatic heterocycles. The van der Waals surface area contributed by atoms with E-state index in [0.717, 1.165) is 31.6 Å². The lowest BCUT2D eigenvalue weighted by Gasteiger charge is -2.15. The molecule has 0 radical (unpaired) electrons. The van der Waals surface area contributed by atoms with E-state index in [1.54, 1.807) is 6.07 Å². The summed E-state index contributed by atoms with van der Waals surface area (Å²) in [5, 5.41) is 3.24. The second-order valence-corrected chi connectivity index (χ2v) is 5.47. The first-order valence-corrected chi connectivity index (χ1v) is 7.04. The Balaban J connectivity index is 2.56. The summed E-state index contributed by atoms with van der Waals surface area (Å²) in [6.45, 7) is 5.60. The van der Waals surface area contributed by atoms with Gasteiger partial charge in [0.2, 0.25) is 0 Å². The van der Waals surface area contributed by atoms with Crippen LogP contribution in [0.1, 0.15) is 26.7 Å². The maximum absolute atomic E-state index is 13.7. The van der Waals surface area contributed by atoms with Crippen LogP contribution in [0.3, 0.4) is 0 Å². The predicted octanol–water partition coefficient (Wildman–Crippen LogP) is 2.95. The van der Waals surface area contributed by atoms with E-state index in [-0.39, 0.29) is 11.9 Å². The third kappa shape index (κ3) is 5.65. The van der Waals surface area contributed by atoms with Crippen LogP contribution >= 0.6 is 0 Å². The van der Waals surface area contributed by atoms with E-state index in [4.69, 9.17) is 10.5 Å². The second kappa shape index (κ2) is 7.94. The zero-order valence-electron chi connectivity index (χ0n) is 12.9. The molecular formula is C15H26FN3O. The van der Waals surface area contributed by atoms with E-state index < -0.39 is 5.82 Å². The summed E-state index contributed by atoms with van der Waals surface area (Å²) >= 11 is 0. The standard InChI is InChI=1S/C15H26FN3O/c1-11(2)20-15-10-14(13(17)9-12(15)16)18-7-5-6-8-19(3)4/h9-11,18H,5-8,17H2,1-4H3. The highest BCUT2D eigenvalue weighted by atomic mass is 19.1. The molecule has 114 valence electrons. The zero-order valence-corrected chi connectivity index (χ0v) is 12.9. The molecule has 0 heterocycles. The molecular weight excluding hydrogens is 257 g/mol. The van der Waals surface area contributed by atoms with Crippen LogP contribution in [0.2, 0.25) is 0 Å². The van der Waals surface area contributed by atoms with Crippen LogP contribution < -0.4 is 15.8 Å². The molecule has 1 aromatic rings. The molecule has 0 aliphatic heterocycles. The van der Waals surface area contributed by atoms with E-state index in [1.807, 2.05) is 13.8 Å². The second-order valence-electron chi connectivity index (χ2n) is 5.47. The first kappa shape index (κ1) is 16.6. The van der Waals surface area contributed by atoms with Crippen molar-refractivity contribution in [3.8, 4) is 5.75 Å². The van der Waals surface area contributed by atoms with Gasteiger partial charge in [0.05, 0.1) is 17.5 Å². The number of ether oxygens (including phenoxy) is 1. The number of anilines is 2. The molecule has 1 aromatic carbocycles. The van der Waals surface area contributed by atoms with Crippen LogP contribution in [0.15, 0.2) is 12.1 Å². The average Bonchev–Trinajstić information content (AvgIpc) is 2.33. The molecule has 20 heavy (non-hydrogen) atoms. The number of halogens is 1. The molecule has 1 rings (SSSR count). The summed E-state index contributed by atoms with van der Waals surface area (Å²) < 4.78 is 19.1. The maximum atomic E-state index is 13.7. The average molecular weight is 283 g/mol. The molecule has 0 aliphatic carbocycles. The SMILES string of the molecule is CC(C)Oc1cc(NCCCCN(C)C)c(N)cc1F. The van der Waals surface area contributed by atoms with E-state index in [2.05, 4.69) is 24.3 Å². The fraction of sp³-hybridized carbons (Fsp3) is 0.600. The van der Waals surface area contributed by atoms with Crippen molar-refractivity contribution in [2.75, 3.05) is 38.2 Å². The molecule has 0 atom stereocenters. The fourth-order valence-electron chi connectivity index (χ4n) is 1.84. The van der Waals surface area contributed by atoms with Crippen LogP contribution in [0.25, 0.3) is 0 Å². The van der Waals surface area contributed by atoms with Crippen molar-refractivity contribution in [2.45, 2.75) is 32.8 Å². The van der Waals surface area contributed by atoms with Gasteiger partial charge in [-0.1, -0.05) is 0 Å². The highest BCUT2D eigenvalue weighted by molar-refractivity contribution is 5.68. The van der Waals surface area contributed by atoms with E-state index in [1.165, 1.54) is 6.07 Å². The number of unbranched alkanes of at least 4 members (excludes halogenated alkanes) is 1. The van der Waals surface area contributed by atoms with Crippen molar-refractivity contribution in [2.24, 2.45) is 0 Å². The Kier molecular flexibility index (Phi) is 6.58. The Morgan fingerprint density at radius 1 is 1.30 bits per heavy atom. The predicted molar refractivity (Wildman–Crippen MR) is 82.9 cm³/mol. The number of benzene rings is 1. The first-order valence-electron chi connectivity index (χ1n) is 7.04. The Labute approximate surface area is 121 Å². The van der Waals surface area contributed by atoms with Gasteiger partial charge in [-0.2, -0.15) is 0 Å². The monoisotopic (exact) mass is 283 g/mol. The van der Waals surface area contributed by atoms with Crippen LogP contribution in [0.5, 0.6) is 5.75 Å².